The number of rotatable bonds is 4. The second-order valence-electron chi connectivity index (χ2n) is 3.86. The number of halogens is 1. The molecular weight excluding hydrogens is 286 g/mol. The third-order valence-electron chi connectivity index (χ3n) is 2.61. The van der Waals surface area contributed by atoms with Crippen molar-refractivity contribution in [3.63, 3.8) is 0 Å². The molecule has 1 aliphatic heterocycles. The molecule has 1 heterocycles. The fourth-order valence-corrected chi connectivity index (χ4v) is 2.15. The van der Waals surface area contributed by atoms with Crippen LogP contribution in [0.25, 0.3) is 0 Å². The predicted molar refractivity (Wildman–Crippen MR) is 69.5 cm³/mol. The number of hydrogen-bond acceptors (Lipinski definition) is 4. The van der Waals surface area contributed by atoms with Gasteiger partial charge in [0.25, 0.3) is 0 Å². The Morgan fingerprint density at radius 2 is 2.35 bits per heavy atom. The first-order chi connectivity index (χ1) is 8.28. The summed E-state index contributed by atoms with van der Waals surface area (Å²) in [6, 6.07) is 5.90. The standard InChI is InChI=1S/C12H16BrNO3/c1-15-12-5-9(13)4-10(6-12)14-7-11-2-3-16-8-17-11/h4-6,11,14H,2-3,7-8H2,1H3. The van der Waals surface area contributed by atoms with E-state index in [0.717, 1.165) is 35.5 Å². The van der Waals surface area contributed by atoms with Crippen molar-refractivity contribution in [2.45, 2.75) is 12.5 Å². The number of methoxy groups -OCH3 is 1. The molecule has 0 radical (unpaired) electrons. The summed E-state index contributed by atoms with van der Waals surface area (Å²) < 4.78 is 16.8. The van der Waals surface area contributed by atoms with E-state index in [4.69, 9.17) is 14.2 Å². The lowest BCUT2D eigenvalue weighted by molar-refractivity contribution is -0.133. The molecule has 1 fully saturated rings. The van der Waals surface area contributed by atoms with Gasteiger partial charge in [-0.15, -0.1) is 0 Å². The first kappa shape index (κ1) is 12.7. The van der Waals surface area contributed by atoms with Gasteiger partial charge in [-0.1, -0.05) is 15.9 Å². The Kier molecular flexibility index (Phi) is 4.65. The fourth-order valence-electron chi connectivity index (χ4n) is 1.68. The topological polar surface area (TPSA) is 39.7 Å². The Hall–Kier alpha value is -0.780. The van der Waals surface area contributed by atoms with Gasteiger partial charge >= 0.3 is 0 Å². The van der Waals surface area contributed by atoms with Crippen molar-refractivity contribution in [3.05, 3.63) is 22.7 Å². The molecule has 0 amide bonds. The first-order valence-corrected chi connectivity index (χ1v) is 6.35. The molecule has 0 bridgehead atoms. The summed E-state index contributed by atoms with van der Waals surface area (Å²) in [6.45, 7) is 1.95. The van der Waals surface area contributed by atoms with E-state index in [1.807, 2.05) is 18.2 Å². The van der Waals surface area contributed by atoms with Crippen molar-refractivity contribution in [2.24, 2.45) is 0 Å². The third kappa shape index (κ3) is 3.87. The van der Waals surface area contributed by atoms with Crippen LogP contribution in [-0.4, -0.2) is 33.2 Å². The van der Waals surface area contributed by atoms with Gasteiger partial charge in [0.2, 0.25) is 0 Å². The summed E-state index contributed by atoms with van der Waals surface area (Å²) in [5.74, 6) is 0.828. The van der Waals surface area contributed by atoms with Crippen LogP contribution in [0.1, 0.15) is 6.42 Å². The minimum atomic E-state index is 0.216. The number of nitrogens with one attached hydrogen (secondary N) is 1. The van der Waals surface area contributed by atoms with E-state index in [2.05, 4.69) is 21.2 Å². The van der Waals surface area contributed by atoms with Gasteiger partial charge in [0.05, 0.1) is 19.8 Å². The molecule has 1 aromatic carbocycles. The van der Waals surface area contributed by atoms with E-state index >= 15 is 0 Å². The van der Waals surface area contributed by atoms with Crippen molar-refractivity contribution in [1.29, 1.82) is 0 Å². The lowest BCUT2D eigenvalue weighted by Crippen LogP contribution is -2.30. The Labute approximate surface area is 109 Å². The SMILES string of the molecule is COc1cc(Br)cc(NCC2CCOCO2)c1. The van der Waals surface area contributed by atoms with Crippen molar-refractivity contribution in [3.8, 4) is 5.75 Å². The van der Waals surface area contributed by atoms with E-state index in [1.165, 1.54) is 0 Å². The molecule has 0 aliphatic carbocycles. The smallest absolute Gasteiger partial charge is 0.147 e. The van der Waals surface area contributed by atoms with Crippen molar-refractivity contribution < 1.29 is 14.2 Å². The van der Waals surface area contributed by atoms with E-state index in [-0.39, 0.29) is 6.10 Å². The lowest BCUT2D eigenvalue weighted by Gasteiger charge is -2.23. The van der Waals surface area contributed by atoms with E-state index < -0.39 is 0 Å². The first-order valence-electron chi connectivity index (χ1n) is 5.56. The van der Waals surface area contributed by atoms with Gasteiger partial charge < -0.3 is 19.5 Å². The van der Waals surface area contributed by atoms with Crippen LogP contribution in [0, 0.1) is 0 Å². The molecule has 2 rings (SSSR count). The third-order valence-corrected chi connectivity index (χ3v) is 3.07. The predicted octanol–water partition coefficient (Wildman–Crippen LogP) is 2.63. The van der Waals surface area contributed by atoms with Crippen molar-refractivity contribution in [1.82, 2.24) is 0 Å². The maximum atomic E-state index is 5.46. The Balaban J connectivity index is 1.91. The largest absolute Gasteiger partial charge is 0.497 e. The van der Waals surface area contributed by atoms with Crippen LogP contribution in [0.4, 0.5) is 5.69 Å². The minimum absolute atomic E-state index is 0.216. The zero-order valence-electron chi connectivity index (χ0n) is 9.74. The summed E-state index contributed by atoms with van der Waals surface area (Å²) in [5.41, 5.74) is 1.02. The van der Waals surface area contributed by atoms with Crippen LogP contribution in [0.15, 0.2) is 22.7 Å². The van der Waals surface area contributed by atoms with Gasteiger partial charge in [-0.25, -0.2) is 0 Å². The summed E-state index contributed by atoms with van der Waals surface area (Å²) >= 11 is 3.45. The summed E-state index contributed by atoms with van der Waals surface area (Å²) in [6.07, 6.45) is 1.15. The number of ether oxygens (including phenoxy) is 3. The van der Waals surface area contributed by atoms with Gasteiger partial charge in [-0.3, -0.25) is 0 Å². The Morgan fingerprint density at radius 1 is 1.47 bits per heavy atom. The maximum Gasteiger partial charge on any atom is 0.147 e. The molecular formula is C12H16BrNO3. The number of benzene rings is 1. The highest BCUT2D eigenvalue weighted by Gasteiger charge is 2.13. The van der Waals surface area contributed by atoms with Gasteiger partial charge in [-0.2, -0.15) is 0 Å². The lowest BCUT2D eigenvalue weighted by atomic mass is 10.2. The summed E-state index contributed by atoms with van der Waals surface area (Å²) in [5, 5.41) is 3.34. The van der Waals surface area contributed by atoms with Crippen molar-refractivity contribution in [2.75, 3.05) is 32.4 Å². The molecule has 4 nitrogen and oxygen atoms in total. The molecule has 1 unspecified atom stereocenters. The molecule has 5 heteroatoms. The van der Waals surface area contributed by atoms with Crippen LogP contribution in [0.5, 0.6) is 5.75 Å². The molecule has 0 saturated carbocycles. The van der Waals surface area contributed by atoms with Gasteiger partial charge in [-0.05, 0) is 18.6 Å². The molecule has 0 spiro atoms. The van der Waals surface area contributed by atoms with Gasteiger partial charge in [0, 0.05) is 22.8 Å². The summed E-state index contributed by atoms with van der Waals surface area (Å²) in [7, 11) is 1.66. The molecule has 0 aromatic heterocycles. The zero-order valence-corrected chi connectivity index (χ0v) is 11.3. The Morgan fingerprint density at radius 3 is 3.06 bits per heavy atom. The van der Waals surface area contributed by atoms with Gasteiger partial charge in [0.15, 0.2) is 0 Å². The van der Waals surface area contributed by atoms with Gasteiger partial charge in [0.1, 0.15) is 12.5 Å². The molecule has 1 aromatic rings. The summed E-state index contributed by atoms with van der Waals surface area (Å²) in [4.78, 5) is 0. The maximum absolute atomic E-state index is 5.46. The normalized spacial score (nSPS) is 20.0. The monoisotopic (exact) mass is 301 g/mol. The number of anilines is 1. The highest BCUT2D eigenvalue weighted by atomic mass is 79.9. The molecule has 1 saturated heterocycles. The van der Waals surface area contributed by atoms with E-state index in [1.54, 1.807) is 7.11 Å². The minimum Gasteiger partial charge on any atom is -0.497 e. The van der Waals surface area contributed by atoms with Crippen LogP contribution in [0.2, 0.25) is 0 Å². The molecule has 17 heavy (non-hydrogen) atoms. The fraction of sp³-hybridized carbons (Fsp3) is 0.500. The van der Waals surface area contributed by atoms with E-state index in [0.29, 0.717) is 6.79 Å². The number of hydrogen-bond donors (Lipinski definition) is 1. The van der Waals surface area contributed by atoms with Crippen molar-refractivity contribution >= 4 is 21.6 Å². The highest BCUT2D eigenvalue weighted by molar-refractivity contribution is 9.10. The van der Waals surface area contributed by atoms with Crippen LogP contribution in [0.3, 0.4) is 0 Å². The Bertz CT molecular complexity index is 367. The van der Waals surface area contributed by atoms with Crippen LogP contribution < -0.4 is 10.1 Å². The molecule has 94 valence electrons. The zero-order chi connectivity index (χ0) is 12.1. The molecule has 1 atom stereocenters. The quantitative estimate of drug-likeness (QED) is 0.928. The highest BCUT2D eigenvalue weighted by Crippen LogP contribution is 2.24. The molecule has 1 N–H and O–H groups in total. The average molecular weight is 302 g/mol. The van der Waals surface area contributed by atoms with Crippen LogP contribution >= 0.6 is 15.9 Å². The molecule has 1 aliphatic rings. The second kappa shape index (κ2) is 6.23. The average Bonchev–Trinajstić information content (AvgIpc) is 2.37. The van der Waals surface area contributed by atoms with Crippen LogP contribution in [-0.2, 0) is 9.47 Å². The second-order valence-corrected chi connectivity index (χ2v) is 4.78. The van der Waals surface area contributed by atoms with E-state index in [9.17, 15) is 0 Å².